The van der Waals surface area contributed by atoms with Crippen LogP contribution in [0, 0.1) is 13.8 Å². The summed E-state index contributed by atoms with van der Waals surface area (Å²) in [5.41, 5.74) is 13.1. The third-order valence-electron chi connectivity index (χ3n) is 4.03. The highest BCUT2D eigenvalue weighted by Crippen LogP contribution is 2.24. The predicted molar refractivity (Wildman–Crippen MR) is 83.4 cm³/mol. The fourth-order valence-electron chi connectivity index (χ4n) is 3.14. The fourth-order valence-corrected chi connectivity index (χ4v) is 3.14. The van der Waals surface area contributed by atoms with E-state index >= 15 is 0 Å². The van der Waals surface area contributed by atoms with Gasteiger partial charge in [0.2, 0.25) is 0 Å². The number of hydrogen-bond donors (Lipinski definition) is 1. The van der Waals surface area contributed by atoms with Crippen LogP contribution >= 0.6 is 0 Å². The SMILES string of the molecule is Cc1cc(C)cc(C(N)CN2Cc3ccccc3C2)c1. The first-order valence-corrected chi connectivity index (χ1v) is 7.25. The van der Waals surface area contributed by atoms with E-state index in [0.29, 0.717) is 0 Å². The van der Waals surface area contributed by atoms with Gasteiger partial charge in [0.15, 0.2) is 0 Å². The van der Waals surface area contributed by atoms with Crippen LogP contribution < -0.4 is 5.73 Å². The lowest BCUT2D eigenvalue weighted by Crippen LogP contribution is -2.28. The van der Waals surface area contributed by atoms with Crippen LogP contribution in [0.4, 0.5) is 0 Å². The largest absolute Gasteiger partial charge is 0.323 e. The molecule has 2 aromatic rings. The molecular weight excluding hydrogens is 244 g/mol. The van der Waals surface area contributed by atoms with Gasteiger partial charge >= 0.3 is 0 Å². The molecule has 0 saturated heterocycles. The maximum absolute atomic E-state index is 6.41. The van der Waals surface area contributed by atoms with Crippen LogP contribution in [-0.2, 0) is 13.1 Å². The molecule has 1 aliphatic heterocycles. The zero-order chi connectivity index (χ0) is 14.1. The Morgan fingerprint density at radius 1 is 1.00 bits per heavy atom. The summed E-state index contributed by atoms with van der Waals surface area (Å²) in [5.74, 6) is 0. The number of nitrogens with two attached hydrogens (primary N) is 1. The minimum atomic E-state index is 0.0860. The fraction of sp³-hybridized carbons (Fsp3) is 0.333. The molecule has 20 heavy (non-hydrogen) atoms. The Morgan fingerprint density at radius 3 is 2.10 bits per heavy atom. The molecule has 2 aromatic carbocycles. The molecule has 0 spiro atoms. The Hall–Kier alpha value is -1.64. The van der Waals surface area contributed by atoms with Gasteiger partial charge in [-0.1, -0.05) is 53.6 Å². The van der Waals surface area contributed by atoms with E-state index in [1.54, 1.807) is 0 Å². The molecule has 1 heterocycles. The van der Waals surface area contributed by atoms with Crippen molar-refractivity contribution in [3.05, 3.63) is 70.3 Å². The summed E-state index contributed by atoms with van der Waals surface area (Å²) >= 11 is 0. The maximum atomic E-state index is 6.41. The molecule has 2 nitrogen and oxygen atoms in total. The van der Waals surface area contributed by atoms with Crippen LogP contribution in [0.3, 0.4) is 0 Å². The van der Waals surface area contributed by atoms with Crippen molar-refractivity contribution >= 4 is 0 Å². The monoisotopic (exact) mass is 266 g/mol. The van der Waals surface area contributed by atoms with Gasteiger partial charge in [-0.15, -0.1) is 0 Å². The highest BCUT2D eigenvalue weighted by Gasteiger charge is 2.20. The van der Waals surface area contributed by atoms with Crippen LogP contribution in [0.5, 0.6) is 0 Å². The number of rotatable bonds is 3. The first-order valence-electron chi connectivity index (χ1n) is 7.25. The first-order chi connectivity index (χ1) is 9.61. The predicted octanol–water partition coefficient (Wildman–Crippen LogP) is 3.32. The van der Waals surface area contributed by atoms with E-state index in [4.69, 9.17) is 5.73 Å². The molecule has 2 heteroatoms. The van der Waals surface area contributed by atoms with Crippen molar-refractivity contribution in [2.45, 2.75) is 33.0 Å². The van der Waals surface area contributed by atoms with Crippen molar-refractivity contribution in [2.75, 3.05) is 6.54 Å². The van der Waals surface area contributed by atoms with E-state index in [1.165, 1.54) is 27.8 Å². The molecule has 104 valence electrons. The first kappa shape index (κ1) is 13.3. The van der Waals surface area contributed by atoms with E-state index in [9.17, 15) is 0 Å². The molecular formula is C18H22N2. The second-order valence-electron chi connectivity index (χ2n) is 5.97. The quantitative estimate of drug-likeness (QED) is 0.923. The van der Waals surface area contributed by atoms with Gasteiger partial charge in [-0.25, -0.2) is 0 Å². The maximum Gasteiger partial charge on any atom is 0.0424 e. The van der Waals surface area contributed by atoms with Gasteiger partial charge in [0.05, 0.1) is 0 Å². The average molecular weight is 266 g/mol. The van der Waals surface area contributed by atoms with Crippen LogP contribution in [0.25, 0.3) is 0 Å². The highest BCUT2D eigenvalue weighted by atomic mass is 15.1. The van der Waals surface area contributed by atoms with Crippen molar-refractivity contribution in [1.29, 1.82) is 0 Å². The standard InChI is InChI=1S/C18H22N2/c1-13-7-14(2)9-17(8-13)18(19)12-20-10-15-5-3-4-6-16(15)11-20/h3-9,18H,10-12,19H2,1-2H3. The van der Waals surface area contributed by atoms with Crippen molar-refractivity contribution in [2.24, 2.45) is 5.73 Å². The summed E-state index contributed by atoms with van der Waals surface area (Å²) in [7, 11) is 0. The zero-order valence-corrected chi connectivity index (χ0v) is 12.3. The molecule has 0 fully saturated rings. The molecule has 1 atom stereocenters. The molecule has 1 aliphatic rings. The Labute approximate surface area is 121 Å². The molecule has 0 radical (unpaired) electrons. The van der Waals surface area contributed by atoms with E-state index < -0.39 is 0 Å². The van der Waals surface area contributed by atoms with Gasteiger partial charge in [0.1, 0.15) is 0 Å². The topological polar surface area (TPSA) is 29.3 Å². The minimum absolute atomic E-state index is 0.0860. The van der Waals surface area contributed by atoms with E-state index in [1.807, 2.05) is 0 Å². The Morgan fingerprint density at radius 2 is 1.55 bits per heavy atom. The molecule has 1 unspecified atom stereocenters. The smallest absolute Gasteiger partial charge is 0.0424 e. The molecule has 0 aromatic heterocycles. The van der Waals surface area contributed by atoms with E-state index in [0.717, 1.165) is 19.6 Å². The molecule has 0 amide bonds. The Kier molecular flexibility index (Phi) is 3.60. The lowest BCUT2D eigenvalue weighted by atomic mass is 10.0. The van der Waals surface area contributed by atoms with Gasteiger partial charge in [-0.05, 0) is 30.5 Å². The number of fused-ring (bicyclic) bond motifs is 1. The lowest BCUT2D eigenvalue weighted by Gasteiger charge is -2.21. The number of nitrogens with zero attached hydrogens (tertiary/aromatic N) is 1. The highest BCUT2D eigenvalue weighted by molar-refractivity contribution is 5.32. The number of benzene rings is 2. The van der Waals surface area contributed by atoms with Crippen molar-refractivity contribution < 1.29 is 0 Å². The second kappa shape index (κ2) is 5.39. The Bertz CT molecular complexity index is 573. The van der Waals surface area contributed by atoms with Gasteiger partial charge in [0, 0.05) is 25.7 Å². The summed E-state index contributed by atoms with van der Waals surface area (Å²) in [6.07, 6.45) is 0. The van der Waals surface area contributed by atoms with E-state index in [2.05, 4.69) is 61.2 Å². The van der Waals surface area contributed by atoms with Crippen LogP contribution in [0.1, 0.15) is 33.9 Å². The average Bonchev–Trinajstić information content (AvgIpc) is 2.79. The molecule has 0 bridgehead atoms. The second-order valence-corrected chi connectivity index (χ2v) is 5.97. The minimum Gasteiger partial charge on any atom is -0.323 e. The Balaban J connectivity index is 1.70. The molecule has 3 rings (SSSR count). The normalized spacial score (nSPS) is 16.1. The van der Waals surface area contributed by atoms with Crippen LogP contribution in [-0.4, -0.2) is 11.4 Å². The number of hydrogen-bond acceptors (Lipinski definition) is 2. The summed E-state index contributed by atoms with van der Waals surface area (Å²) in [6.45, 7) is 7.23. The third-order valence-corrected chi connectivity index (χ3v) is 4.03. The molecule has 0 saturated carbocycles. The van der Waals surface area contributed by atoms with Crippen LogP contribution in [0.2, 0.25) is 0 Å². The van der Waals surface area contributed by atoms with Crippen molar-refractivity contribution in [3.8, 4) is 0 Å². The van der Waals surface area contributed by atoms with E-state index in [-0.39, 0.29) is 6.04 Å². The summed E-state index contributed by atoms with van der Waals surface area (Å²) in [4.78, 5) is 2.44. The lowest BCUT2D eigenvalue weighted by molar-refractivity contribution is 0.266. The molecule has 2 N–H and O–H groups in total. The van der Waals surface area contributed by atoms with Crippen molar-refractivity contribution in [1.82, 2.24) is 4.90 Å². The molecule has 0 aliphatic carbocycles. The zero-order valence-electron chi connectivity index (χ0n) is 12.3. The number of aryl methyl sites for hydroxylation is 2. The van der Waals surface area contributed by atoms with Gasteiger partial charge in [-0.2, -0.15) is 0 Å². The van der Waals surface area contributed by atoms with Gasteiger partial charge in [-0.3, -0.25) is 4.90 Å². The van der Waals surface area contributed by atoms with Crippen molar-refractivity contribution in [3.63, 3.8) is 0 Å². The summed E-state index contributed by atoms with van der Waals surface area (Å²) in [6, 6.07) is 15.4. The third kappa shape index (κ3) is 2.77. The van der Waals surface area contributed by atoms with Crippen LogP contribution in [0.15, 0.2) is 42.5 Å². The van der Waals surface area contributed by atoms with Gasteiger partial charge < -0.3 is 5.73 Å². The summed E-state index contributed by atoms with van der Waals surface area (Å²) < 4.78 is 0. The summed E-state index contributed by atoms with van der Waals surface area (Å²) in [5, 5.41) is 0. The van der Waals surface area contributed by atoms with Gasteiger partial charge in [0.25, 0.3) is 0 Å².